The van der Waals surface area contributed by atoms with Gasteiger partial charge < -0.3 is 9.88 Å². The van der Waals surface area contributed by atoms with Gasteiger partial charge in [0.1, 0.15) is 5.02 Å². The number of anilines is 1. The lowest BCUT2D eigenvalue weighted by atomic mass is 10.2. The minimum atomic E-state index is -0.366. The maximum atomic E-state index is 11.3. The molecule has 0 aliphatic carbocycles. The summed E-state index contributed by atoms with van der Waals surface area (Å²) in [6.07, 6.45) is 1.31. The molecule has 16 heavy (non-hydrogen) atoms. The lowest BCUT2D eigenvalue weighted by Gasteiger charge is -2.23. The fourth-order valence-electron chi connectivity index (χ4n) is 1.33. The van der Waals surface area contributed by atoms with Gasteiger partial charge >= 0.3 is 0 Å². The van der Waals surface area contributed by atoms with Gasteiger partial charge in [-0.1, -0.05) is 11.6 Å². The maximum Gasteiger partial charge on any atom is 0.271 e. The van der Waals surface area contributed by atoms with Gasteiger partial charge in [0, 0.05) is 13.1 Å². The van der Waals surface area contributed by atoms with Gasteiger partial charge in [-0.05, 0) is 13.8 Å². The molecule has 1 heterocycles. The summed E-state index contributed by atoms with van der Waals surface area (Å²) in [7, 11) is 0. The summed E-state index contributed by atoms with van der Waals surface area (Å²) in [5, 5.41) is 8.82. The Hall–Kier alpha value is -1.54. The number of halogens is 1. The van der Waals surface area contributed by atoms with E-state index in [2.05, 4.69) is 16.0 Å². The zero-order chi connectivity index (χ0) is 12.1. The molecular weight excluding hydrogens is 228 g/mol. The highest BCUT2D eigenvalue weighted by Crippen LogP contribution is 2.18. The molecule has 0 amide bonds. The molecule has 0 aromatic carbocycles. The Morgan fingerprint density at radius 2 is 2.44 bits per heavy atom. The van der Waals surface area contributed by atoms with Crippen LogP contribution in [0.3, 0.4) is 0 Å². The van der Waals surface area contributed by atoms with Crippen LogP contribution in [0.5, 0.6) is 0 Å². The molecule has 1 atom stereocenters. The number of nitriles is 1. The minimum absolute atomic E-state index is 0.0643. The number of aromatic amines is 1. The summed E-state index contributed by atoms with van der Waals surface area (Å²) in [4.78, 5) is 19.5. The van der Waals surface area contributed by atoms with Crippen LogP contribution in [0.4, 0.5) is 5.82 Å². The number of hydrogen-bond acceptors (Lipinski definition) is 4. The lowest BCUT2D eigenvalue weighted by molar-refractivity contribution is 0.678. The topological polar surface area (TPSA) is 72.8 Å². The first kappa shape index (κ1) is 12.5. The molecule has 6 heteroatoms. The Labute approximate surface area is 98.7 Å². The monoisotopic (exact) mass is 240 g/mol. The quantitative estimate of drug-likeness (QED) is 0.864. The van der Waals surface area contributed by atoms with Gasteiger partial charge in [-0.15, -0.1) is 0 Å². The molecule has 0 spiro atoms. The molecule has 0 radical (unpaired) electrons. The average molecular weight is 241 g/mol. The molecule has 1 aromatic heterocycles. The Kier molecular flexibility index (Phi) is 4.32. The summed E-state index contributed by atoms with van der Waals surface area (Å²) in [5.41, 5.74) is -0.366. The minimum Gasteiger partial charge on any atom is -0.354 e. The van der Waals surface area contributed by atoms with Crippen LogP contribution in [0.15, 0.2) is 11.1 Å². The number of H-pyrrole nitrogens is 1. The van der Waals surface area contributed by atoms with E-state index < -0.39 is 0 Å². The predicted molar refractivity (Wildman–Crippen MR) is 62.5 cm³/mol. The van der Waals surface area contributed by atoms with Crippen LogP contribution in [0, 0.1) is 17.2 Å². The number of nitrogens with zero attached hydrogens (tertiary/aromatic N) is 3. The number of hydrogen-bond donors (Lipinski definition) is 1. The SMILES string of the molecule is CCN(CC(C)C#N)c1nc[nH]c(=O)c1Cl. The summed E-state index contributed by atoms with van der Waals surface area (Å²) in [5.74, 6) is 0.284. The van der Waals surface area contributed by atoms with Crippen molar-refractivity contribution in [3.8, 4) is 6.07 Å². The fourth-order valence-corrected chi connectivity index (χ4v) is 1.55. The van der Waals surface area contributed by atoms with Crippen molar-refractivity contribution in [2.75, 3.05) is 18.0 Å². The summed E-state index contributed by atoms with van der Waals surface area (Å²) in [6.45, 7) is 4.87. The summed E-state index contributed by atoms with van der Waals surface area (Å²) >= 11 is 5.86. The highest BCUT2D eigenvalue weighted by molar-refractivity contribution is 6.32. The molecule has 0 aliphatic rings. The van der Waals surface area contributed by atoms with Gasteiger partial charge in [0.15, 0.2) is 5.82 Å². The molecule has 1 aromatic rings. The maximum absolute atomic E-state index is 11.3. The van der Waals surface area contributed by atoms with Gasteiger partial charge in [0.25, 0.3) is 5.56 Å². The normalized spacial score (nSPS) is 11.9. The summed E-state index contributed by atoms with van der Waals surface area (Å²) < 4.78 is 0. The lowest BCUT2D eigenvalue weighted by Crippen LogP contribution is -2.30. The zero-order valence-corrected chi connectivity index (χ0v) is 9.95. The third-order valence-electron chi connectivity index (χ3n) is 2.17. The third kappa shape index (κ3) is 2.74. The molecule has 0 saturated carbocycles. The van der Waals surface area contributed by atoms with Crippen LogP contribution in [0.25, 0.3) is 0 Å². The van der Waals surface area contributed by atoms with Crippen molar-refractivity contribution < 1.29 is 0 Å². The van der Waals surface area contributed by atoms with Crippen molar-refractivity contribution in [3.63, 3.8) is 0 Å². The van der Waals surface area contributed by atoms with Crippen molar-refractivity contribution in [1.82, 2.24) is 9.97 Å². The first-order valence-corrected chi connectivity index (χ1v) is 5.35. The van der Waals surface area contributed by atoms with Gasteiger partial charge in [-0.2, -0.15) is 5.26 Å². The Balaban J connectivity index is 3.01. The highest BCUT2D eigenvalue weighted by atomic mass is 35.5. The van der Waals surface area contributed by atoms with Gasteiger partial charge in [0.05, 0.1) is 18.3 Å². The van der Waals surface area contributed by atoms with E-state index in [9.17, 15) is 4.79 Å². The van der Waals surface area contributed by atoms with Crippen LogP contribution in [-0.4, -0.2) is 23.1 Å². The number of nitrogens with one attached hydrogen (secondary N) is 1. The standard InChI is InChI=1S/C10H13ClN4O/c1-3-15(5-7(2)4-12)9-8(11)10(16)14-6-13-9/h6-7H,3,5H2,1-2H3,(H,13,14,16). The van der Waals surface area contributed by atoms with Gasteiger partial charge in [0.2, 0.25) is 0 Å². The van der Waals surface area contributed by atoms with E-state index in [-0.39, 0.29) is 16.5 Å². The fraction of sp³-hybridized carbons (Fsp3) is 0.500. The number of rotatable bonds is 4. The largest absolute Gasteiger partial charge is 0.354 e. The Morgan fingerprint density at radius 1 is 1.75 bits per heavy atom. The molecule has 1 rings (SSSR count). The van der Waals surface area contributed by atoms with E-state index in [0.717, 1.165) is 0 Å². The van der Waals surface area contributed by atoms with Crippen LogP contribution in [0.1, 0.15) is 13.8 Å². The smallest absolute Gasteiger partial charge is 0.271 e. The molecular formula is C10H13ClN4O. The molecule has 0 saturated heterocycles. The van der Waals surface area contributed by atoms with Gasteiger partial charge in [-0.3, -0.25) is 4.79 Å². The van der Waals surface area contributed by atoms with Crippen molar-refractivity contribution in [2.45, 2.75) is 13.8 Å². The third-order valence-corrected chi connectivity index (χ3v) is 2.51. The molecule has 1 N–H and O–H groups in total. The summed E-state index contributed by atoms with van der Waals surface area (Å²) in [6, 6.07) is 2.14. The molecule has 1 unspecified atom stereocenters. The molecule has 0 aliphatic heterocycles. The Bertz CT molecular complexity index is 451. The van der Waals surface area contributed by atoms with Crippen LogP contribution < -0.4 is 10.5 Å². The second kappa shape index (κ2) is 5.52. The van der Waals surface area contributed by atoms with Crippen LogP contribution >= 0.6 is 11.6 Å². The molecule has 0 fully saturated rings. The van der Waals surface area contributed by atoms with Crippen LogP contribution in [0.2, 0.25) is 5.02 Å². The van der Waals surface area contributed by atoms with E-state index in [1.165, 1.54) is 6.33 Å². The van der Waals surface area contributed by atoms with Crippen LogP contribution in [-0.2, 0) is 0 Å². The Morgan fingerprint density at radius 3 is 3.00 bits per heavy atom. The first-order chi connectivity index (χ1) is 7.60. The highest BCUT2D eigenvalue weighted by Gasteiger charge is 2.15. The van der Waals surface area contributed by atoms with Crippen molar-refractivity contribution in [3.05, 3.63) is 21.7 Å². The van der Waals surface area contributed by atoms with Crippen molar-refractivity contribution in [2.24, 2.45) is 5.92 Å². The molecule has 86 valence electrons. The van der Waals surface area contributed by atoms with Crippen molar-refractivity contribution >= 4 is 17.4 Å². The van der Waals surface area contributed by atoms with E-state index in [0.29, 0.717) is 18.9 Å². The number of aromatic nitrogens is 2. The van der Waals surface area contributed by atoms with Crippen molar-refractivity contribution in [1.29, 1.82) is 5.26 Å². The van der Waals surface area contributed by atoms with E-state index >= 15 is 0 Å². The van der Waals surface area contributed by atoms with Gasteiger partial charge in [-0.25, -0.2) is 4.98 Å². The van der Waals surface area contributed by atoms with E-state index in [1.54, 1.807) is 0 Å². The second-order valence-corrected chi connectivity index (χ2v) is 3.82. The average Bonchev–Trinajstić information content (AvgIpc) is 2.29. The predicted octanol–water partition coefficient (Wildman–Crippen LogP) is 1.41. The second-order valence-electron chi connectivity index (χ2n) is 3.44. The molecule has 5 nitrogen and oxygen atoms in total. The van der Waals surface area contributed by atoms with E-state index in [1.807, 2.05) is 18.7 Å². The first-order valence-electron chi connectivity index (χ1n) is 4.97. The van der Waals surface area contributed by atoms with E-state index in [4.69, 9.17) is 16.9 Å². The molecule has 0 bridgehead atoms. The zero-order valence-electron chi connectivity index (χ0n) is 9.20.